The van der Waals surface area contributed by atoms with Gasteiger partial charge in [0.15, 0.2) is 11.5 Å². The number of carbonyl (C=O) groups excluding carboxylic acids is 1. The zero-order valence-corrected chi connectivity index (χ0v) is 14.8. The topological polar surface area (TPSA) is 80.6 Å². The molecule has 1 unspecified atom stereocenters. The molecule has 2 aromatic rings. The van der Waals surface area contributed by atoms with Crippen LogP contribution in [-0.2, 0) is 9.53 Å². The normalized spacial score (nSPS) is 16.3. The molecule has 6 nitrogen and oxygen atoms in total. The van der Waals surface area contributed by atoms with Crippen molar-refractivity contribution in [3.8, 4) is 28.7 Å². The number of amides is 1. The lowest BCUT2D eigenvalue weighted by Gasteiger charge is -2.10. The number of carbonyl (C=O) groups is 1. The molecule has 1 aliphatic rings. The van der Waals surface area contributed by atoms with Gasteiger partial charge in [-0.05, 0) is 30.5 Å². The smallest absolute Gasteiger partial charge is 0.254 e. The Labute approximate surface area is 149 Å². The van der Waals surface area contributed by atoms with E-state index in [1.54, 1.807) is 20.3 Å². The third-order valence-electron chi connectivity index (χ3n) is 4.06. The van der Waals surface area contributed by atoms with E-state index in [0.717, 1.165) is 17.5 Å². The number of methoxy groups -OCH3 is 2. The largest absolute Gasteiger partial charge is 0.493 e. The highest BCUT2D eigenvalue weighted by Gasteiger charge is 2.25. The Bertz CT molecular complexity index is 819. The van der Waals surface area contributed by atoms with Crippen LogP contribution < -0.4 is 14.8 Å². The quantitative estimate of drug-likeness (QED) is 0.886. The second-order valence-corrected chi connectivity index (χ2v) is 6.41. The molecule has 0 spiro atoms. The van der Waals surface area contributed by atoms with Crippen LogP contribution in [0, 0.1) is 11.3 Å². The lowest BCUT2D eigenvalue weighted by molar-refractivity contribution is -0.124. The summed E-state index contributed by atoms with van der Waals surface area (Å²) in [6, 6.07) is 7.65. The number of nitriles is 1. The Morgan fingerprint density at radius 2 is 2.16 bits per heavy atom. The molecule has 1 atom stereocenters. The third-order valence-corrected chi connectivity index (χ3v) is 4.95. The minimum absolute atomic E-state index is 0.199. The van der Waals surface area contributed by atoms with Crippen LogP contribution in [-0.4, -0.2) is 32.8 Å². The predicted octanol–water partition coefficient (Wildman–Crippen LogP) is 3.42. The van der Waals surface area contributed by atoms with Crippen molar-refractivity contribution in [1.29, 1.82) is 5.26 Å². The van der Waals surface area contributed by atoms with Crippen molar-refractivity contribution in [2.75, 3.05) is 26.1 Å². The average Bonchev–Trinajstić information content (AvgIpc) is 3.30. The molecular weight excluding hydrogens is 340 g/mol. The van der Waals surface area contributed by atoms with Gasteiger partial charge in [-0.15, -0.1) is 11.3 Å². The fraction of sp³-hybridized carbons (Fsp3) is 0.333. The lowest BCUT2D eigenvalue weighted by atomic mass is 10.0. The highest BCUT2D eigenvalue weighted by atomic mass is 32.1. The van der Waals surface area contributed by atoms with Gasteiger partial charge >= 0.3 is 0 Å². The molecule has 1 aliphatic heterocycles. The van der Waals surface area contributed by atoms with E-state index < -0.39 is 6.10 Å². The first-order valence-corrected chi connectivity index (χ1v) is 8.72. The number of hydrogen-bond donors (Lipinski definition) is 1. The van der Waals surface area contributed by atoms with Gasteiger partial charge in [0.1, 0.15) is 17.2 Å². The zero-order valence-electron chi connectivity index (χ0n) is 14.0. The molecule has 25 heavy (non-hydrogen) atoms. The first kappa shape index (κ1) is 17.3. The Hall–Kier alpha value is -2.56. The summed E-state index contributed by atoms with van der Waals surface area (Å²) in [6.07, 6.45) is 1.16. The highest BCUT2D eigenvalue weighted by Crippen LogP contribution is 2.39. The van der Waals surface area contributed by atoms with Crippen LogP contribution in [0.1, 0.15) is 18.4 Å². The van der Waals surface area contributed by atoms with Gasteiger partial charge in [-0.1, -0.05) is 6.07 Å². The van der Waals surface area contributed by atoms with E-state index in [1.807, 2.05) is 17.5 Å². The maximum absolute atomic E-state index is 12.2. The van der Waals surface area contributed by atoms with Gasteiger partial charge in [0.05, 0.1) is 19.8 Å². The summed E-state index contributed by atoms with van der Waals surface area (Å²) in [5, 5.41) is 14.8. The molecule has 1 N–H and O–H groups in total. The molecule has 1 aromatic carbocycles. The molecule has 0 aliphatic carbocycles. The summed E-state index contributed by atoms with van der Waals surface area (Å²) < 4.78 is 15.9. The first-order chi connectivity index (χ1) is 12.2. The molecule has 0 bridgehead atoms. The SMILES string of the molecule is COc1ccc(-c2csc(NC(=O)C3CCCO3)c2C#N)cc1OC. The van der Waals surface area contributed by atoms with E-state index in [1.165, 1.54) is 11.3 Å². The van der Waals surface area contributed by atoms with E-state index in [0.29, 0.717) is 35.1 Å². The van der Waals surface area contributed by atoms with Crippen molar-refractivity contribution < 1.29 is 19.0 Å². The second kappa shape index (κ2) is 7.55. The standard InChI is InChI=1S/C18H18N2O4S/c1-22-14-6-5-11(8-16(14)23-2)13-10-25-18(12(13)9-19)20-17(21)15-4-3-7-24-15/h5-6,8,10,15H,3-4,7H2,1-2H3,(H,20,21). The number of rotatable bonds is 5. The minimum Gasteiger partial charge on any atom is -0.493 e. The predicted molar refractivity (Wildman–Crippen MR) is 95.2 cm³/mol. The fourth-order valence-corrected chi connectivity index (χ4v) is 3.68. The second-order valence-electron chi connectivity index (χ2n) is 5.53. The molecule has 1 aromatic heterocycles. The summed E-state index contributed by atoms with van der Waals surface area (Å²) >= 11 is 1.32. The summed E-state index contributed by atoms with van der Waals surface area (Å²) in [5.41, 5.74) is 2.00. The molecule has 3 rings (SSSR count). The Morgan fingerprint density at radius 1 is 1.36 bits per heavy atom. The number of thiophene rings is 1. The average molecular weight is 358 g/mol. The number of hydrogen-bond acceptors (Lipinski definition) is 6. The fourth-order valence-electron chi connectivity index (χ4n) is 2.75. The number of nitrogens with zero attached hydrogens (tertiary/aromatic N) is 1. The minimum atomic E-state index is -0.432. The van der Waals surface area contributed by atoms with Crippen molar-refractivity contribution in [3.05, 3.63) is 29.1 Å². The lowest BCUT2D eigenvalue weighted by Crippen LogP contribution is -2.26. The highest BCUT2D eigenvalue weighted by molar-refractivity contribution is 7.15. The van der Waals surface area contributed by atoms with Crippen molar-refractivity contribution in [1.82, 2.24) is 0 Å². The van der Waals surface area contributed by atoms with Crippen LogP contribution in [0.15, 0.2) is 23.6 Å². The molecule has 130 valence electrons. The molecule has 2 heterocycles. The number of ether oxygens (including phenoxy) is 3. The van der Waals surface area contributed by atoms with Crippen LogP contribution >= 0.6 is 11.3 Å². The van der Waals surface area contributed by atoms with Gasteiger partial charge < -0.3 is 19.5 Å². The van der Waals surface area contributed by atoms with Crippen molar-refractivity contribution in [2.24, 2.45) is 0 Å². The van der Waals surface area contributed by atoms with Crippen molar-refractivity contribution in [2.45, 2.75) is 18.9 Å². The third kappa shape index (κ3) is 3.45. The van der Waals surface area contributed by atoms with Gasteiger partial charge in [0, 0.05) is 17.6 Å². The van der Waals surface area contributed by atoms with Gasteiger partial charge in [0.2, 0.25) is 0 Å². The monoisotopic (exact) mass is 358 g/mol. The Morgan fingerprint density at radius 3 is 2.80 bits per heavy atom. The van der Waals surface area contributed by atoms with E-state index in [2.05, 4.69) is 11.4 Å². The summed E-state index contributed by atoms with van der Waals surface area (Å²) in [4.78, 5) is 12.2. The van der Waals surface area contributed by atoms with E-state index in [4.69, 9.17) is 14.2 Å². The zero-order chi connectivity index (χ0) is 17.8. The van der Waals surface area contributed by atoms with Crippen LogP contribution in [0.3, 0.4) is 0 Å². The van der Waals surface area contributed by atoms with Crippen molar-refractivity contribution >= 4 is 22.2 Å². The molecular formula is C18H18N2O4S. The molecule has 1 saturated heterocycles. The summed E-state index contributed by atoms with van der Waals surface area (Å²) in [7, 11) is 3.13. The van der Waals surface area contributed by atoms with Gasteiger partial charge in [0.25, 0.3) is 5.91 Å². The summed E-state index contributed by atoms with van der Waals surface area (Å²) in [6.45, 7) is 0.602. The van der Waals surface area contributed by atoms with Gasteiger partial charge in [-0.3, -0.25) is 4.79 Å². The molecule has 1 amide bonds. The van der Waals surface area contributed by atoms with Crippen LogP contribution in [0.5, 0.6) is 11.5 Å². The maximum atomic E-state index is 12.2. The molecule has 1 fully saturated rings. The maximum Gasteiger partial charge on any atom is 0.254 e. The molecule has 0 radical (unpaired) electrons. The first-order valence-electron chi connectivity index (χ1n) is 7.84. The Balaban J connectivity index is 1.89. The Kier molecular flexibility index (Phi) is 5.22. The van der Waals surface area contributed by atoms with E-state index >= 15 is 0 Å². The van der Waals surface area contributed by atoms with Crippen molar-refractivity contribution in [3.63, 3.8) is 0 Å². The number of anilines is 1. The van der Waals surface area contributed by atoms with Crippen LogP contribution in [0.2, 0.25) is 0 Å². The van der Waals surface area contributed by atoms with Crippen LogP contribution in [0.25, 0.3) is 11.1 Å². The van der Waals surface area contributed by atoms with Gasteiger partial charge in [-0.2, -0.15) is 5.26 Å². The van der Waals surface area contributed by atoms with Gasteiger partial charge in [-0.25, -0.2) is 0 Å². The number of nitrogens with one attached hydrogen (secondary N) is 1. The molecule has 7 heteroatoms. The van der Waals surface area contributed by atoms with E-state index in [9.17, 15) is 10.1 Å². The summed E-state index contributed by atoms with van der Waals surface area (Å²) in [5.74, 6) is 1.00. The van der Waals surface area contributed by atoms with Crippen LogP contribution in [0.4, 0.5) is 5.00 Å². The molecule has 0 saturated carbocycles. The van der Waals surface area contributed by atoms with E-state index in [-0.39, 0.29) is 5.91 Å². The number of benzene rings is 1.